The molecule has 0 spiro atoms. The molecule has 0 amide bonds. The minimum absolute atomic E-state index is 0.0109. The van der Waals surface area contributed by atoms with Gasteiger partial charge in [0.15, 0.2) is 5.78 Å². The molecule has 27 heavy (non-hydrogen) atoms. The number of ketones is 1. The van der Waals surface area contributed by atoms with E-state index in [9.17, 15) is 14.4 Å². The number of carbonyl (C=O) groups excluding carboxylic acids is 2. The largest absolute Gasteiger partial charge is 0.497 e. The Morgan fingerprint density at radius 3 is 2.63 bits per heavy atom. The maximum atomic E-state index is 12.1. The van der Waals surface area contributed by atoms with E-state index in [4.69, 9.17) is 13.9 Å². The molecule has 0 aliphatic rings. The number of fused-ring (bicyclic) bond motifs is 1. The van der Waals surface area contributed by atoms with E-state index in [1.54, 1.807) is 24.3 Å². The van der Waals surface area contributed by atoms with Crippen molar-refractivity contribution < 1.29 is 23.5 Å². The number of hydrogen-bond acceptors (Lipinski definition) is 7. The van der Waals surface area contributed by atoms with Gasteiger partial charge in [-0.2, -0.15) is 0 Å². The lowest BCUT2D eigenvalue weighted by Crippen LogP contribution is -2.09. The summed E-state index contributed by atoms with van der Waals surface area (Å²) in [5, 5.41) is 0.660. The van der Waals surface area contributed by atoms with Crippen LogP contribution in [0.25, 0.3) is 11.0 Å². The number of rotatable bonds is 7. The third-order valence-corrected chi connectivity index (χ3v) is 5.04. The second kappa shape index (κ2) is 8.18. The molecule has 3 rings (SSSR count). The molecule has 0 fully saturated rings. The Morgan fingerprint density at radius 2 is 1.93 bits per heavy atom. The van der Waals surface area contributed by atoms with Crippen LogP contribution in [-0.2, 0) is 16.1 Å². The Balaban J connectivity index is 1.63. The number of aryl methyl sites for hydroxylation is 1. The number of esters is 1. The van der Waals surface area contributed by atoms with E-state index in [1.165, 1.54) is 24.5 Å². The molecular formula is C20H18O6S. The highest BCUT2D eigenvalue weighted by Gasteiger charge is 2.13. The van der Waals surface area contributed by atoms with E-state index >= 15 is 0 Å². The summed E-state index contributed by atoms with van der Waals surface area (Å²) < 4.78 is 15.5. The Labute approximate surface area is 159 Å². The van der Waals surface area contributed by atoms with E-state index in [0.717, 1.165) is 4.88 Å². The fourth-order valence-corrected chi connectivity index (χ4v) is 3.45. The predicted octanol–water partition coefficient (Wildman–Crippen LogP) is 3.88. The summed E-state index contributed by atoms with van der Waals surface area (Å²) in [7, 11) is 1.52. The molecule has 0 radical (unpaired) electrons. The van der Waals surface area contributed by atoms with Crippen molar-refractivity contribution in [3.63, 3.8) is 0 Å². The van der Waals surface area contributed by atoms with Crippen LogP contribution in [0.4, 0.5) is 0 Å². The summed E-state index contributed by atoms with van der Waals surface area (Å²) in [6.07, 6.45) is 0.0800. The molecule has 140 valence electrons. The Hall–Kier alpha value is -2.93. The standard InChI is InChI=1S/C20H18O6S/c1-12-3-7-18(27-12)16(21)6-8-19(22)25-11-13-9-20(23)26-17-10-14(24-2)4-5-15(13)17/h3-5,7,9-10H,6,8,11H2,1-2H3. The minimum atomic E-state index is -0.537. The fourth-order valence-electron chi connectivity index (χ4n) is 2.61. The molecule has 0 aliphatic heterocycles. The average molecular weight is 386 g/mol. The van der Waals surface area contributed by atoms with Crippen molar-refractivity contribution >= 4 is 34.1 Å². The molecule has 2 heterocycles. The molecule has 7 heteroatoms. The van der Waals surface area contributed by atoms with Crippen LogP contribution in [0.15, 0.2) is 45.6 Å². The molecular weight excluding hydrogens is 368 g/mol. The number of Topliss-reactive ketones (excluding diaryl/α,β-unsaturated/α-hetero) is 1. The van der Waals surface area contributed by atoms with Gasteiger partial charge in [0.1, 0.15) is 17.9 Å². The zero-order valence-corrected chi connectivity index (χ0v) is 15.8. The Kier molecular flexibility index (Phi) is 5.71. The number of carbonyl (C=O) groups is 2. The molecule has 0 N–H and O–H groups in total. The first-order valence-corrected chi connectivity index (χ1v) is 9.14. The van der Waals surface area contributed by atoms with Crippen molar-refractivity contribution in [3.8, 4) is 5.75 Å². The van der Waals surface area contributed by atoms with Gasteiger partial charge in [-0.3, -0.25) is 9.59 Å². The molecule has 0 saturated carbocycles. The molecule has 2 aromatic heterocycles. The number of hydrogen-bond donors (Lipinski definition) is 0. The van der Waals surface area contributed by atoms with Crippen LogP contribution in [0.3, 0.4) is 0 Å². The second-order valence-electron chi connectivity index (χ2n) is 5.95. The van der Waals surface area contributed by atoms with Crippen molar-refractivity contribution in [1.29, 1.82) is 0 Å². The third kappa shape index (κ3) is 4.62. The predicted molar refractivity (Wildman–Crippen MR) is 101 cm³/mol. The summed E-state index contributed by atoms with van der Waals surface area (Å²) in [6.45, 7) is 1.85. The van der Waals surface area contributed by atoms with Crippen molar-refractivity contribution in [2.45, 2.75) is 26.4 Å². The van der Waals surface area contributed by atoms with Crippen LogP contribution < -0.4 is 10.4 Å². The summed E-state index contributed by atoms with van der Waals surface area (Å²) in [5.41, 5.74) is 0.360. The van der Waals surface area contributed by atoms with Crippen LogP contribution >= 0.6 is 11.3 Å². The molecule has 0 bridgehead atoms. The van der Waals surface area contributed by atoms with E-state index in [2.05, 4.69) is 0 Å². The lowest BCUT2D eigenvalue weighted by Gasteiger charge is -2.08. The van der Waals surface area contributed by atoms with E-state index < -0.39 is 11.6 Å². The summed E-state index contributed by atoms with van der Waals surface area (Å²) >= 11 is 1.41. The molecule has 0 unspecified atom stereocenters. The first-order valence-electron chi connectivity index (χ1n) is 8.32. The van der Waals surface area contributed by atoms with Gasteiger partial charge in [-0.25, -0.2) is 4.79 Å². The van der Waals surface area contributed by atoms with Gasteiger partial charge in [-0.1, -0.05) is 0 Å². The van der Waals surface area contributed by atoms with Crippen molar-refractivity contribution in [2.75, 3.05) is 7.11 Å². The summed E-state index contributed by atoms with van der Waals surface area (Å²) in [4.78, 5) is 37.5. The Bertz CT molecular complexity index is 1050. The highest BCUT2D eigenvalue weighted by atomic mass is 32.1. The van der Waals surface area contributed by atoms with Gasteiger partial charge >= 0.3 is 11.6 Å². The molecule has 0 saturated heterocycles. The van der Waals surface area contributed by atoms with E-state index in [1.807, 2.05) is 13.0 Å². The number of thiophene rings is 1. The Morgan fingerprint density at radius 1 is 1.11 bits per heavy atom. The van der Waals surface area contributed by atoms with E-state index in [-0.39, 0.29) is 25.2 Å². The van der Waals surface area contributed by atoms with Gasteiger partial charge < -0.3 is 13.9 Å². The normalized spacial score (nSPS) is 10.7. The summed E-state index contributed by atoms with van der Waals surface area (Å²) in [6, 6.07) is 10.00. The molecule has 0 atom stereocenters. The fraction of sp³-hybridized carbons (Fsp3) is 0.250. The van der Waals surface area contributed by atoms with Gasteiger partial charge in [0.2, 0.25) is 0 Å². The zero-order chi connectivity index (χ0) is 19.4. The SMILES string of the molecule is COc1ccc2c(COC(=O)CCC(=O)c3ccc(C)s3)cc(=O)oc2c1. The summed E-state index contributed by atoms with van der Waals surface area (Å²) in [5.74, 6) is -0.0170. The van der Waals surface area contributed by atoms with Gasteiger partial charge in [0, 0.05) is 34.4 Å². The molecule has 6 nitrogen and oxygen atoms in total. The number of methoxy groups -OCH3 is 1. The first kappa shape index (κ1) is 18.8. The lowest BCUT2D eigenvalue weighted by molar-refractivity contribution is -0.144. The highest BCUT2D eigenvalue weighted by molar-refractivity contribution is 7.14. The molecule has 0 aliphatic carbocycles. The number of ether oxygens (including phenoxy) is 2. The monoisotopic (exact) mass is 386 g/mol. The maximum absolute atomic E-state index is 12.1. The van der Waals surface area contributed by atoms with Gasteiger partial charge in [-0.05, 0) is 31.2 Å². The van der Waals surface area contributed by atoms with Crippen LogP contribution in [0.1, 0.15) is 33.0 Å². The molecule has 3 aromatic rings. The minimum Gasteiger partial charge on any atom is -0.497 e. The highest BCUT2D eigenvalue weighted by Crippen LogP contribution is 2.23. The van der Waals surface area contributed by atoms with Crippen LogP contribution in [0.2, 0.25) is 0 Å². The van der Waals surface area contributed by atoms with Gasteiger partial charge in [0.05, 0.1) is 18.4 Å². The quantitative estimate of drug-likeness (QED) is 0.348. The number of benzene rings is 1. The van der Waals surface area contributed by atoms with Crippen LogP contribution in [-0.4, -0.2) is 18.9 Å². The van der Waals surface area contributed by atoms with Crippen molar-refractivity contribution in [3.05, 3.63) is 62.1 Å². The van der Waals surface area contributed by atoms with Gasteiger partial charge in [0.25, 0.3) is 0 Å². The average Bonchev–Trinajstić information content (AvgIpc) is 3.09. The van der Waals surface area contributed by atoms with Crippen LogP contribution in [0.5, 0.6) is 5.75 Å². The molecule has 1 aromatic carbocycles. The lowest BCUT2D eigenvalue weighted by atomic mass is 10.1. The van der Waals surface area contributed by atoms with Crippen molar-refractivity contribution in [1.82, 2.24) is 0 Å². The smallest absolute Gasteiger partial charge is 0.336 e. The zero-order valence-electron chi connectivity index (χ0n) is 14.9. The third-order valence-electron chi connectivity index (χ3n) is 4.00. The first-order chi connectivity index (χ1) is 13.0. The van der Waals surface area contributed by atoms with Gasteiger partial charge in [-0.15, -0.1) is 11.3 Å². The maximum Gasteiger partial charge on any atom is 0.336 e. The van der Waals surface area contributed by atoms with E-state index in [0.29, 0.717) is 27.2 Å². The second-order valence-corrected chi connectivity index (χ2v) is 7.23. The van der Waals surface area contributed by atoms with Crippen LogP contribution in [0, 0.1) is 6.92 Å². The van der Waals surface area contributed by atoms with Crippen molar-refractivity contribution in [2.24, 2.45) is 0 Å². The topological polar surface area (TPSA) is 82.8 Å².